The molecule has 1 saturated carbocycles. The minimum Gasteiger partial charge on any atom is -0.494 e. The molecule has 0 unspecified atom stereocenters. The van der Waals surface area contributed by atoms with Gasteiger partial charge >= 0.3 is 0 Å². The van der Waals surface area contributed by atoms with E-state index in [1.54, 1.807) is 24.2 Å². The summed E-state index contributed by atoms with van der Waals surface area (Å²) in [5.41, 5.74) is 1.39. The van der Waals surface area contributed by atoms with Crippen molar-refractivity contribution >= 4 is 5.91 Å². The molecule has 1 aliphatic rings. The van der Waals surface area contributed by atoms with Gasteiger partial charge in [0.2, 0.25) is 0 Å². The minimum absolute atomic E-state index is 0.0594. The van der Waals surface area contributed by atoms with Gasteiger partial charge in [0.1, 0.15) is 11.4 Å². The zero-order chi connectivity index (χ0) is 13.9. The molecule has 0 spiro atoms. The first-order valence-corrected chi connectivity index (χ1v) is 6.77. The summed E-state index contributed by atoms with van der Waals surface area (Å²) in [4.78, 5) is 12.1. The van der Waals surface area contributed by atoms with Crippen LogP contribution in [0.2, 0.25) is 0 Å². The standard InChI is InChI=1S/C15H17N3O2/c1-20-14-8-3-2-7-13(14)18-10-11(9-16-18)15(19)17-12-5-4-6-12/h2-3,7-10,12H,4-6H2,1H3,(H,17,19). The normalized spacial score (nSPS) is 14.7. The smallest absolute Gasteiger partial charge is 0.254 e. The highest BCUT2D eigenvalue weighted by atomic mass is 16.5. The Bertz CT molecular complexity index is 617. The van der Waals surface area contributed by atoms with E-state index in [1.165, 1.54) is 6.42 Å². The van der Waals surface area contributed by atoms with Crippen LogP contribution >= 0.6 is 0 Å². The third-order valence-electron chi connectivity index (χ3n) is 3.62. The quantitative estimate of drug-likeness (QED) is 0.927. The van der Waals surface area contributed by atoms with Gasteiger partial charge in [-0.15, -0.1) is 0 Å². The molecule has 0 bridgehead atoms. The number of aromatic nitrogens is 2. The fourth-order valence-electron chi connectivity index (χ4n) is 2.21. The fourth-order valence-corrected chi connectivity index (χ4v) is 2.21. The predicted molar refractivity (Wildman–Crippen MR) is 75.2 cm³/mol. The second-order valence-electron chi connectivity index (χ2n) is 4.95. The lowest BCUT2D eigenvalue weighted by molar-refractivity contribution is 0.0917. The van der Waals surface area contributed by atoms with E-state index in [0.717, 1.165) is 24.3 Å². The maximum absolute atomic E-state index is 12.1. The zero-order valence-electron chi connectivity index (χ0n) is 11.4. The Hall–Kier alpha value is -2.30. The van der Waals surface area contributed by atoms with E-state index in [0.29, 0.717) is 11.6 Å². The Kier molecular flexibility index (Phi) is 3.41. The van der Waals surface area contributed by atoms with E-state index < -0.39 is 0 Å². The van der Waals surface area contributed by atoms with Crippen molar-refractivity contribution in [2.45, 2.75) is 25.3 Å². The molecule has 0 atom stereocenters. The molecule has 1 aromatic carbocycles. The van der Waals surface area contributed by atoms with Crippen molar-refractivity contribution in [1.82, 2.24) is 15.1 Å². The first-order chi connectivity index (χ1) is 9.78. The molecule has 1 N–H and O–H groups in total. The average Bonchev–Trinajstić information content (AvgIpc) is 2.92. The molecule has 1 aromatic heterocycles. The summed E-state index contributed by atoms with van der Waals surface area (Å²) < 4.78 is 6.96. The Balaban J connectivity index is 1.80. The van der Waals surface area contributed by atoms with Crippen LogP contribution in [0.4, 0.5) is 0 Å². The van der Waals surface area contributed by atoms with Gasteiger partial charge in [0, 0.05) is 12.2 Å². The molecule has 20 heavy (non-hydrogen) atoms. The Morgan fingerprint density at radius 3 is 2.90 bits per heavy atom. The Morgan fingerprint density at radius 2 is 2.20 bits per heavy atom. The first kappa shape index (κ1) is 12.7. The number of nitrogens with zero attached hydrogens (tertiary/aromatic N) is 2. The van der Waals surface area contributed by atoms with Crippen molar-refractivity contribution in [3.05, 3.63) is 42.2 Å². The summed E-state index contributed by atoms with van der Waals surface area (Å²) in [5.74, 6) is 0.664. The van der Waals surface area contributed by atoms with Crippen molar-refractivity contribution in [3.63, 3.8) is 0 Å². The second kappa shape index (κ2) is 5.36. The minimum atomic E-state index is -0.0594. The number of hydrogen-bond donors (Lipinski definition) is 1. The maximum atomic E-state index is 12.1. The van der Waals surface area contributed by atoms with Crippen LogP contribution < -0.4 is 10.1 Å². The molecular formula is C15H17N3O2. The van der Waals surface area contributed by atoms with E-state index in [-0.39, 0.29) is 5.91 Å². The van der Waals surface area contributed by atoms with Crippen LogP contribution in [0.25, 0.3) is 5.69 Å². The van der Waals surface area contributed by atoms with E-state index in [4.69, 9.17) is 4.74 Å². The summed E-state index contributed by atoms with van der Waals surface area (Å²) in [6, 6.07) is 7.91. The predicted octanol–water partition coefficient (Wildman–Crippen LogP) is 2.16. The van der Waals surface area contributed by atoms with Gasteiger partial charge in [-0.2, -0.15) is 5.10 Å². The van der Waals surface area contributed by atoms with Crippen molar-refractivity contribution in [2.75, 3.05) is 7.11 Å². The molecule has 5 nitrogen and oxygen atoms in total. The van der Waals surface area contributed by atoms with Crippen LogP contribution in [-0.4, -0.2) is 28.8 Å². The van der Waals surface area contributed by atoms with Gasteiger partial charge in [0.15, 0.2) is 0 Å². The van der Waals surface area contributed by atoms with Crippen LogP contribution in [0.3, 0.4) is 0 Å². The van der Waals surface area contributed by atoms with E-state index in [2.05, 4.69) is 10.4 Å². The average molecular weight is 271 g/mol. The van der Waals surface area contributed by atoms with E-state index in [1.807, 2.05) is 24.3 Å². The molecule has 1 aliphatic carbocycles. The lowest BCUT2D eigenvalue weighted by atomic mass is 9.93. The zero-order valence-corrected chi connectivity index (χ0v) is 11.4. The number of methoxy groups -OCH3 is 1. The summed E-state index contributed by atoms with van der Waals surface area (Å²) >= 11 is 0. The van der Waals surface area contributed by atoms with Gasteiger partial charge in [0.25, 0.3) is 5.91 Å². The lowest BCUT2D eigenvalue weighted by Gasteiger charge is -2.25. The fraction of sp³-hybridized carbons (Fsp3) is 0.333. The SMILES string of the molecule is COc1ccccc1-n1cc(C(=O)NC2CCC2)cn1. The van der Waals surface area contributed by atoms with Crippen molar-refractivity contribution in [1.29, 1.82) is 0 Å². The van der Waals surface area contributed by atoms with Crippen LogP contribution in [-0.2, 0) is 0 Å². The number of benzene rings is 1. The molecule has 0 saturated heterocycles. The Morgan fingerprint density at radius 1 is 1.40 bits per heavy atom. The summed E-state index contributed by atoms with van der Waals surface area (Å²) in [7, 11) is 1.62. The molecule has 0 radical (unpaired) electrons. The van der Waals surface area contributed by atoms with Gasteiger partial charge in [0.05, 0.1) is 18.9 Å². The molecular weight excluding hydrogens is 254 g/mol. The number of rotatable bonds is 4. The number of amides is 1. The summed E-state index contributed by atoms with van der Waals surface area (Å²) in [6.07, 6.45) is 6.66. The van der Waals surface area contributed by atoms with Crippen LogP contribution in [0.5, 0.6) is 5.75 Å². The third-order valence-corrected chi connectivity index (χ3v) is 3.62. The van der Waals surface area contributed by atoms with Crippen molar-refractivity contribution < 1.29 is 9.53 Å². The van der Waals surface area contributed by atoms with Gasteiger partial charge in [-0.25, -0.2) is 4.68 Å². The van der Waals surface area contributed by atoms with Crippen LogP contribution in [0.1, 0.15) is 29.6 Å². The van der Waals surface area contributed by atoms with Crippen LogP contribution in [0.15, 0.2) is 36.7 Å². The highest BCUT2D eigenvalue weighted by Gasteiger charge is 2.21. The summed E-state index contributed by atoms with van der Waals surface area (Å²) in [5, 5.41) is 7.25. The van der Waals surface area contributed by atoms with Gasteiger partial charge in [-0.3, -0.25) is 4.79 Å². The molecule has 104 valence electrons. The highest BCUT2D eigenvalue weighted by molar-refractivity contribution is 5.94. The molecule has 1 amide bonds. The highest BCUT2D eigenvalue weighted by Crippen LogP contribution is 2.22. The first-order valence-electron chi connectivity index (χ1n) is 6.77. The number of ether oxygens (including phenoxy) is 1. The molecule has 0 aliphatic heterocycles. The monoisotopic (exact) mass is 271 g/mol. The molecule has 1 fully saturated rings. The maximum Gasteiger partial charge on any atom is 0.254 e. The number of carbonyl (C=O) groups excluding carboxylic acids is 1. The number of para-hydroxylation sites is 2. The van der Waals surface area contributed by atoms with E-state index >= 15 is 0 Å². The van der Waals surface area contributed by atoms with Crippen molar-refractivity contribution in [3.8, 4) is 11.4 Å². The largest absolute Gasteiger partial charge is 0.494 e. The van der Waals surface area contributed by atoms with Gasteiger partial charge in [-0.05, 0) is 31.4 Å². The number of hydrogen-bond acceptors (Lipinski definition) is 3. The van der Waals surface area contributed by atoms with Gasteiger partial charge < -0.3 is 10.1 Å². The van der Waals surface area contributed by atoms with Crippen molar-refractivity contribution in [2.24, 2.45) is 0 Å². The lowest BCUT2D eigenvalue weighted by Crippen LogP contribution is -2.39. The molecule has 5 heteroatoms. The van der Waals surface area contributed by atoms with Gasteiger partial charge in [-0.1, -0.05) is 12.1 Å². The molecule has 2 aromatic rings. The molecule has 1 heterocycles. The third kappa shape index (κ3) is 2.39. The number of carbonyl (C=O) groups is 1. The topological polar surface area (TPSA) is 56.1 Å². The Labute approximate surface area is 117 Å². The van der Waals surface area contributed by atoms with Crippen LogP contribution in [0, 0.1) is 0 Å². The molecule has 3 rings (SSSR count). The van der Waals surface area contributed by atoms with E-state index in [9.17, 15) is 4.79 Å². The second-order valence-corrected chi connectivity index (χ2v) is 4.95. The summed E-state index contributed by atoms with van der Waals surface area (Å²) in [6.45, 7) is 0. The number of nitrogens with one attached hydrogen (secondary N) is 1.